The summed E-state index contributed by atoms with van der Waals surface area (Å²) in [6.45, 7) is 2.67. The maximum absolute atomic E-state index is 12.3. The van der Waals surface area contributed by atoms with Crippen molar-refractivity contribution in [2.24, 2.45) is 0 Å². The Morgan fingerprint density at radius 3 is 2.46 bits per heavy atom. The zero-order valence-electron chi connectivity index (χ0n) is 14.6. The molecule has 0 heterocycles. The quantitative estimate of drug-likeness (QED) is 0.537. The minimum Gasteiger partial charge on any atom is -0.319 e. The maximum Gasteiger partial charge on any atom is 0.250 e. The molecule has 0 unspecified atom stereocenters. The molecule has 3 nitrogen and oxygen atoms in total. The third kappa shape index (κ3) is 4.16. The van der Waals surface area contributed by atoms with E-state index in [1.165, 1.54) is 6.08 Å². The second-order valence-corrected chi connectivity index (χ2v) is 6.16. The minimum atomic E-state index is -0.239. The van der Waals surface area contributed by atoms with Gasteiger partial charge in [-0.25, -0.2) is 0 Å². The molecule has 4 heteroatoms. The molecule has 130 valence electrons. The van der Waals surface area contributed by atoms with Crippen molar-refractivity contribution in [2.45, 2.75) is 6.92 Å². The highest BCUT2D eigenvalue weighted by Crippen LogP contribution is 2.19. The van der Waals surface area contributed by atoms with Gasteiger partial charge in [0, 0.05) is 18.3 Å². The number of nitrogens with zero attached hydrogens (tertiary/aromatic N) is 1. The van der Waals surface area contributed by atoms with Gasteiger partial charge in [-0.1, -0.05) is 60.7 Å². The predicted octanol–water partition coefficient (Wildman–Crippen LogP) is 4.78. The third-order valence-corrected chi connectivity index (χ3v) is 4.42. The molecule has 1 amide bonds. The van der Waals surface area contributed by atoms with Crippen molar-refractivity contribution in [3.05, 3.63) is 84.4 Å². The number of carbonyl (C=O) groups is 1. The van der Waals surface area contributed by atoms with Gasteiger partial charge in [0.1, 0.15) is 0 Å². The Labute approximate surface area is 159 Å². The molecule has 0 spiro atoms. The van der Waals surface area contributed by atoms with Gasteiger partial charge >= 0.3 is 0 Å². The monoisotopic (exact) mass is 360 g/mol. The lowest BCUT2D eigenvalue weighted by Gasteiger charge is -2.23. The van der Waals surface area contributed by atoms with Crippen LogP contribution in [0.15, 0.2) is 78.9 Å². The van der Waals surface area contributed by atoms with Crippen molar-refractivity contribution in [1.29, 1.82) is 0 Å². The SMILES string of the molecule is CCN(C(=S)NC(=O)/C=C/c1cccc2ccccc12)c1ccccc1. The van der Waals surface area contributed by atoms with Gasteiger partial charge in [-0.3, -0.25) is 10.1 Å². The van der Waals surface area contributed by atoms with Crippen molar-refractivity contribution in [1.82, 2.24) is 5.32 Å². The van der Waals surface area contributed by atoms with Gasteiger partial charge in [0.15, 0.2) is 5.11 Å². The zero-order chi connectivity index (χ0) is 18.4. The van der Waals surface area contributed by atoms with Crippen molar-refractivity contribution in [3.8, 4) is 0 Å². The molecule has 0 atom stereocenters. The number of para-hydroxylation sites is 1. The molecule has 0 aliphatic carbocycles. The highest BCUT2D eigenvalue weighted by Gasteiger charge is 2.11. The Kier molecular flexibility index (Phi) is 5.77. The molecule has 0 aliphatic rings. The number of benzene rings is 3. The summed E-state index contributed by atoms with van der Waals surface area (Å²) in [5, 5.41) is 5.43. The van der Waals surface area contributed by atoms with Gasteiger partial charge < -0.3 is 4.90 Å². The second kappa shape index (κ2) is 8.41. The number of hydrogen-bond donors (Lipinski definition) is 1. The van der Waals surface area contributed by atoms with Crippen LogP contribution in [-0.2, 0) is 4.79 Å². The van der Waals surface area contributed by atoms with E-state index in [0.29, 0.717) is 11.7 Å². The Bertz CT molecular complexity index is 945. The summed E-state index contributed by atoms with van der Waals surface area (Å²) in [4.78, 5) is 14.2. The molecule has 3 aromatic rings. The van der Waals surface area contributed by atoms with E-state index in [1.807, 2.05) is 78.6 Å². The first-order valence-corrected chi connectivity index (χ1v) is 8.93. The first-order chi connectivity index (χ1) is 12.7. The molecule has 0 bridgehead atoms. The van der Waals surface area contributed by atoms with Crippen LogP contribution in [0.4, 0.5) is 5.69 Å². The van der Waals surface area contributed by atoms with E-state index in [2.05, 4.69) is 17.4 Å². The molecule has 0 saturated carbocycles. The van der Waals surface area contributed by atoms with E-state index < -0.39 is 0 Å². The highest BCUT2D eigenvalue weighted by molar-refractivity contribution is 7.80. The number of anilines is 1. The number of carbonyl (C=O) groups excluding carboxylic acids is 1. The van der Waals surface area contributed by atoms with E-state index in [9.17, 15) is 4.79 Å². The fourth-order valence-electron chi connectivity index (χ4n) is 2.83. The summed E-state index contributed by atoms with van der Waals surface area (Å²) in [6.07, 6.45) is 3.34. The number of fused-ring (bicyclic) bond motifs is 1. The van der Waals surface area contributed by atoms with E-state index in [-0.39, 0.29) is 5.91 Å². The molecule has 0 saturated heterocycles. The van der Waals surface area contributed by atoms with E-state index in [0.717, 1.165) is 22.0 Å². The zero-order valence-corrected chi connectivity index (χ0v) is 15.4. The van der Waals surface area contributed by atoms with Crippen molar-refractivity contribution in [3.63, 3.8) is 0 Å². The van der Waals surface area contributed by atoms with Crippen LogP contribution >= 0.6 is 12.2 Å². The van der Waals surface area contributed by atoms with Gasteiger partial charge in [-0.05, 0) is 53.7 Å². The maximum atomic E-state index is 12.3. The average Bonchev–Trinajstić information content (AvgIpc) is 2.67. The molecule has 0 radical (unpaired) electrons. The van der Waals surface area contributed by atoms with Gasteiger partial charge in [-0.15, -0.1) is 0 Å². The highest BCUT2D eigenvalue weighted by atomic mass is 32.1. The fraction of sp³-hybridized carbons (Fsp3) is 0.0909. The summed E-state index contributed by atoms with van der Waals surface area (Å²) in [6, 6.07) is 23.9. The standard InChI is InChI=1S/C22H20N2OS/c1-2-24(19-12-4-3-5-13-19)22(26)23-21(25)16-15-18-11-8-10-17-9-6-7-14-20(17)18/h3-16H,2H2,1H3,(H,23,25,26)/b16-15+. The number of amides is 1. The third-order valence-electron chi connectivity index (χ3n) is 4.10. The number of thiocarbonyl (C=S) groups is 1. The Morgan fingerprint density at radius 2 is 1.69 bits per heavy atom. The number of nitrogens with one attached hydrogen (secondary N) is 1. The van der Waals surface area contributed by atoms with Crippen LogP contribution < -0.4 is 10.2 Å². The van der Waals surface area contributed by atoms with Crippen LogP contribution in [0, 0.1) is 0 Å². The molecule has 26 heavy (non-hydrogen) atoms. The molecule has 0 aromatic heterocycles. The molecule has 3 aromatic carbocycles. The minimum absolute atomic E-state index is 0.239. The smallest absolute Gasteiger partial charge is 0.250 e. The van der Waals surface area contributed by atoms with Crippen LogP contribution in [0.3, 0.4) is 0 Å². The lowest BCUT2D eigenvalue weighted by Crippen LogP contribution is -2.42. The van der Waals surface area contributed by atoms with Crippen molar-refractivity contribution in [2.75, 3.05) is 11.4 Å². The van der Waals surface area contributed by atoms with E-state index in [1.54, 1.807) is 0 Å². The van der Waals surface area contributed by atoms with Crippen LogP contribution in [-0.4, -0.2) is 17.6 Å². The summed E-state index contributed by atoms with van der Waals surface area (Å²) < 4.78 is 0. The molecular weight excluding hydrogens is 340 g/mol. The Hall–Kier alpha value is -2.98. The topological polar surface area (TPSA) is 32.3 Å². The van der Waals surface area contributed by atoms with Crippen LogP contribution in [0.5, 0.6) is 0 Å². The molecule has 3 rings (SSSR count). The lowest BCUT2D eigenvalue weighted by atomic mass is 10.0. The first kappa shape index (κ1) is 17.8. The summed E-state index contributed by atoms with van der Waals surface area (Å²) in [5.41, 5.74) is 1.96. The van der Waals surface area contributed by atoms with Crippen molar-refractivity contribution >= 4 is 45.8 Å². The van der Waals surface area contributed by atoms with E-state index in [4.69, 9.17) is 12.2 Å². The summed E-state index contributed by atoms with van der Waals surface area (Å²) >= 11 is 5.40. The van der Waals surface area contributed by atoms with E-state index >= 15 is 0 Å². The van der Waals surface area contributed by atoms with Crippen LogP contribution in [0.2, 0.25) is 0 Å². The normalized spacial score (nSPS) is 10.8. The van der Waals surface area contributed by atoms with Crippen LogP contribution in [0.1, 0.15) is 12.5 Å². The molecule has 0 aliphatic heterocycles. The van der Waals surface area contributed by atoms with Gasteiger partial charge in [0.05, 0.1) is 0 Å². The first-order valence-electron chi connectivity index (χ1n) is 8.52. The Morgan fingerprint density at radius 1 is 1.00 bits per heavy atom. The predicted molar refractivity (Wildman–Crippen MR) is 113 cm³/mol. The van der Waals surface area contributed by atoms with Gasteiger partial charge in [-0.2, -0.15) is 0 Å². The van der Waals surface area contributed by atoms with Gasteiger partial charge in [0.25, 0.3) is 0 Å². The lowest BCUT2D eigenvalue weighted by molar-refractivity contribution is -0.115. The fourth-order valence-corrected chi connectivity index (χ4v) is 3.16. The number of rotatable bonds is 4. The summed E-state index contributed by atoms with van der Waals surface area (Å²) in [5.74, 6) is -0.239. The molecular formula is C22H20N2OS. The largest absolute Gasteiger partial charge is 0.319 e. The van der Waals surface area contributed by atoms with Gasteiger partial charge in [0.2, 0.25) is 5.91 Å². The second-order valence-electron chi connectivity index (χ2n) is 5.78. The summed E-state index contributed by atoms with van der Waals surface area (Å²) in [7, 11) is 0. The molecule has 1 N–H and O–H groups in total. The average molecular weight is 360 g/mol. The number of hydrogen-bond acceptors (Lipinski definition) is 2. The van der Waals surface area contributed by atoms with Crippen LogP contribution in [0.25, 0.3) is 16.8 Å². The van der Waals surface area contributed by atoms with Crippen molar-refractivity contribution < 1.29 is 4.79 Å². The Balaban J connectivity index is 1.71. The molecule has 0 fully saturated rings.